The van der Waals surface area contributed by atoms with Gasteiger partial charge in [0.15, 0.2) is 10.1 Å². The van der Waals surface area contributed by atoms with Crippen molar-refractivity contribution < 1.29 is 9.59 Å². The molecule has 8 heteroatoms. The highest BCUT2D eigenvalue weighted by molar-refractivity contribution is 8.01. The number of carbonyl (C=O) groups excluding carboxylic acids is 2. The minimum absolute atomic E-state index is 0.0110. The zero-order valence-electron chi connectivity index (χ0n) is 11.1. The standard InChI is InChI=1S/C13H12N4O2S2/c1-6-8-4-7(2-3-9(8)15-11(6)19)10(18)5-20-13-17-16-12(14)21-13/h2-4,6H,5H2,1H3,(H2,14,16)(H,15,19)/t6-/m1/s1. The summed E-state index contributed by atoms with van der Waals surface area (Å²) in [6, 6.07) is 5.29. The number of hydrogen-bond donors (Lipinski definition) is 2. The number of amides is 1. The van der Waals surface area contributed by atoms with Crippen LogP contribution in [0.4, 0.5) is 10.8 Å². The fourth-order valence-electron chi connectivity index (χ4n) is 2.08. The lowest BCUT2D eigenvalue weighted by Gasteiger charge is -2.04. The molecule has 0 saturated heterocycles. The summed E-state index contributed by atoms with van der Waals surface area (Å²) in [6.07, 6.45) is 0. The summed E-state index contributed by atoms with van der Waals surface area (Å²) < 4.78 is 0.673. The quantitative estimate of drug-likeness (QED) is 0.661. The van der Waals surface area contributed by atoms with Gasteiger partial charge in [-0.1, -0.05) is 23.1 Å². The number of carbonyl (C=O) groups is 2. The Bertz CT molecular complexity index is 729. The van der Waals surface area contributed by atoms with E-state index < -0.39 is 0 Å². The molecule has 0 radical (unpaired) electrons. The Balaban J connectivity index is 1.72. The lowest BCUT2D eigenvalue weighted by molar-refractivity contribution is -0.116. The third-order valence-electron chi connectivity index (χ3n) is 3.24. The molecule has 1 amide bonds. The number of nitrogens with zero attached hydrogens (tertiary/aromatic N) is 2. The maximum atomic E-state index is 12.2. The number of ketones is 1. The summed E-state index contributed by atoms with van der Waals surface area (Å²) in [5, 5.41) is 10.7. The molecule has 2 heterocycles. The van der Waals surface area contributed by atoms with Crippen molar-refractivity contribution in [2.45, 2.75) is 17.2 Å². The van der Waals surface area contributed by atoms with E-state index >= 15 is 0 Å². The van der Waals surface area contributed by atoms with E-state index in [0.717, 1.165) is 11.3 Å². The Morgan fingerprint density at radius 1 is 1.48 bits per heavy atom. The van der Waals surface area contributed by atoms with Crippen LogP contribution in [0.25, 0.3) is 0 Å². The highest BCUT2D eigenvalue weighted by Crippen LogP contribution is 2.33. The summed E-state index contributed by atoms with van der Waals surface area (Å²) in [7, 11) is 0. The normalized spacial score (nSPS) is 16.6. The molecule has 0 unspecified atom stereocenters. The molecule has 0 spiro atoms. The van der Waals surface area contributed by atoms with Gasteiger partial charge in [-0.2, -0.15) is 0 Å². The number of aromatic nitrogens is 2. The Kier molecular flexibility index (Phi) is 3.64. The van der Waals surface area contributed by atoms with Crippen LogP contribution in [0.3, 0.4) is 0 Å². The number of thioether (sulfide) groups is 1. The highest BCUT2D eigenvalue weighted by atomic mass is 32.2. The second-order valence-electron chi connectivity index (χ2n) is 4.63. The molecule has 0 aliphatic carbocycles. The van der Waals surface area contributed by atoms with Gasteiger partial charge in [-0.3, -0.25) is 9.59 Å². The first kappa shape index (κ1) is 14.0. The maximum Gasteiger partial charge on any atom is 0.231 e. The van der Waals surface area contributed by atoms with Crippen molar-refractivity contribution >= 4 is 45.6 Å². The lowest BCUT2D eigenvalue weighted by Crippen LogP contribution is -2.08. The van der Waals surface area contributed by atoms with E-state index in [9.17, 15) is 9.59 Å². The number of benzene rings is 1. The molecule has 1 aromatic carbocycles. The number of anilines is 2. The first-order valence-corrected chi connectivity index (χ1v) is 8.04. The molecule has 0 bridgehead atoms. The van der Waals surface area contributed by atoms with Crippen LogP contribution >= 0.6 is 23.1 Å². The number of rotatable bonds is 4. The van der Waals surface area contributed by atoms with Gasteiger partial charge in [0.25, 0.3) is 0 Å². The second kappa shape index (κ2) is 5.45. The molecule has 2 aromatic rings. The lowest BCUT2D eigenvalue weighted by atomic mass is 9.99. The van der Waals surface area contributed by atoms with Gasteiger partial charge in [-0.05, 0) is 30.7 Å². The largest absolute Gasteiger partial charge is 0.374 e. The van der Waals surface area contributed by atoms with Crippen molar-refractivity contribution in [2.24, 2.45) is 0 Å². The van der Waals surface area contributed by atoms with Crippen molar-refractivity contribution in [2.75, 3.05) is 16.8 Å². The fourth-order valence-corrected chi connectivity index (χ4v) is 3.61. The van der Waals surface area contributed by atoms with Crippen LogP contribution in [0.1, 0.15) is 28.8 Å². The third kappa shape index (κ3) is 2.77. The smallest absolute Gasteiger partial charge is 0.231 e. The summed E-state index contributed by atoms with van der Waals surface area (Å²) in [6.45, 7) is 1.83. The van der Waals surface area contributed by atoms with Gasteiger partial charge in [0.1, 0.15) is 0 Å². The Morgan fingerprint density at radius 2 is 2.29 bits per heavy atom. The van der Waals surface area contributed by atoms with Crippen molar-refractivity contribution in [3.05, 3.63) is 29.3 Å². The second-order valence-corrected chi connectivity index (χ2v) is 6.86. The molecule has 21 heavy (non-hydrogen) atoms. The molecule has 6 nitrogen and oxygen atoms in total. The number of nitrogens with two attached hydrogens (primary N) is 1. The fraction of sp³-hybridized carbons (Fsp3) is 0.231. The number of nitrogen functional groups attached to an aromatic ring is 1. The van der Waals surface area contributed by atoms with Gasteiger partial charge in [0, 0.05) is 11.3 Å². The molecule has 1 aromatic heterocycles. The van der Waals surface area contributed by atoms with Gasteiger partial charge in [0.05, 0.1) is 11.7 Å². The third-order valence-corrected chi connectivity index (χ3v) is 5.13. The summed E-state index contributed by atoms with van der Waals surface area (Å²) in [5.74, 6) is 0.00296. The van der Waals surface area contributed by atoms with Crippen LogP contribution in [-0.2, 0) is 4.79 Å². The first-order chi connectivity index (χ1) is 10.0. The van der Waals surface area contributed by atoms with Gasteiger partial charge in [0.2, 0.25) is 11.0 Å². The van der Waals surface area contributed by atoms with E-state index in [4.69, 9.17) is 5.73 Å². The van der Waals surface area contributed by atoms with E-state index in [1.165, 1.54) is 23.1 Å². The molecule has 0 fully saturated rings. The topological polar surface area (TPSA) is 98.0 Å². The molecular weight excluding hydrogens is 308 g/mol. The van der Waals surface area contributed by atoms with Gasteiger partial charge < -0.3 is 11.1 Å². The van der Waals surface area contributed by atoms with E-state index in [0.29, 0.717) is 15.0 Å². The zero-order valence-corrected chi connectivity index (χ0v) is 12.8. The molecule has 0 saturated carbocycles. The Morgan fingerprint density at radius 3 is 3.00 bits per heavy atom. The number of hydrogen-bond acceptors (Lipinski definition) is 7. The van der Waals surface area contributed by atoms with Gasteiger partial charge in [-0.15, -0.1) is 10.2 Å². The van der Waals surface area contributed by atoms with Crippen LogP contribution in [0.5, 0.6) is 0 Å². The predicted molar refractivity (Wildman–Crippen MR) is 82.9 cm³/mol. The van der Waals surface area contributed by atoms with E-state index in [-0.39, 0.29) is 23.4 Å². The van der Waals surface area contributed by atoms with Gasteiger partial charge >= 0.3 is 0 Å². The molecule has 1 aliphatic heterocycles. The molecule has 3 rings (SSSR count). The van der Waals surface area contributed by atoms with Crippen molar-refractivity contribution in [3.63, 3.8) is 0 Å². The molecular formula is C13H12N4O2S2. The minimum Gasteiger partial charge on any atom is -0.374 e. The maximum absolute atomic E-state index is 12.2. The molecule has 1 aliphatic rings. The number of Topliss-reactive ketones (excluding diaryl/α,β-unsaturated/α-hetero) is 1. The van der Waals surface area contributed by atoms with Crippen molar-refractivity contribution in [1.82, 2.24) is 10.2 Å². The first-order valence-electron chi connectivity index (χ1n) is 6.24. The summed E-state index contributed by atoms with van der Waals surface area (Å²) in [5.41, 5.74) is 7.75. The highest BCUT2D eigenvalue weighted by Gasteiger charge is 2.27. The van der Waals surface area contributed by atoms with Crippen LogP contribution < -0.4 is 11.1 Å². The SMILES string of the molecule is C[C@H]1C(=O)Nc2ccc(C(=O)CSc3nnc(N)s3)cc21. The van der Waals surface area contributed by atoms with Crippen LogP contribution in [0.15, 0.2) is 22.5 Å². The van der Waals surface area contributed by atoms with Crippen LogP contribution in [0, 0.1) is 0 Å². The van der Waals surface area contributed by atoms with Crippen LogP contribution in [0.2, 0.25) is 0 Å². The molecule has 1 atom stereocenters. The van der Waals surface area contributed by atoms with Crippen LogP contribution in [-0.4, -0.2) is 27.6 Å². The Hall–Kier alpha value is -1.93. The van der Waals surface area contributed by atoms with Gasteiger partial charge in [-0.25, -0.2) is 0 Å². The number of nitrogens with one attached hydrogen (secondary N) is 1. The van der Waals surface area contributed by atoms with E-state index in [1.807, 2.05) is 6.92 Å². The Labute approximate surface area is 129 Å². The molecule has 3 N–H and O–H groups in total. The van der Waals surface area contributed by atoms with Crippen molar-refractivity contribution in [1.29, 1.82) is 0 Å². The minimum atomic E-state index is -0.219. The number of fused-ring (bicyclic) bond motifs is 1. The average molecular weight is 320 g/mol. The predicted octanol–water partition coefficient (Wildman–Crippen LogP) is 2.15. The van der Waals surface area contributed by atoms with E-state index in [1.54, 1.807) is 18.2 Å². The summed E-state index contributed by atoms with van der Waals surface area (Å²) in [4.78, 5) is 23.8. The molecule has 108 valence electrons. The van der Waals surface area contributed by atoms with Crippen molar-refractivity contribution in [3.8, 4) is 0 Å². The monoisotopic (exact) mass is 320 g/mol. The average Bonchev–Trinajstić information content (AvgIpc) is 3.01. The van der Waals surface area contributed by atoms with E-state index in [2.05, 4.69) is 15.5 Å². The summed E-state index contributed by atoms with van der Waals surface area (Å²) >= 11 is 2.57. The zero-order chi connectivity index (χ0) is 15.0.